The fraction of sp³-hybridized carbons (Fsp3) is 0.647. The number of aromatic nitrogens is 2. The highest BCUT2D eigenvalue weighted by Crippen LogP contribution is 2.31. The quantitative estimate of drug-likeness (QED) is 0.686. The van der Waals surface area contributed by atoms with Gasteiger partial charge in [-0.3, -0.25) is 9.59 Å². The molecule has 4 rings (SSSR count). The minimum Gasteiger partial charge on any atom is -0.465 e. The van der Waals surface area contributed by atoms with E-state index < -0.39 is 0 Å². The zero-order valence-corrected chi connectivity index (χ0v) is 14.6. The van der Waals surface area contributed by atoms with Gasteiger partial charge in [0.15, 0.2) is 0 Å². The monoisotopic (exact) mass is 345 g/mol. The molecule has 134 valence electrons. The topological polar surface area (TPSA) is 78.9 Å². The lowest BCUT2D eigenvalue weighted by atomic mass is 10.0. The maximum Gasteiger partial charge on any atom is 0.311 e. The molecule has 25 heavy (non-hydrogen) atoms. The lowest BCUT2D eigenvalue weighted by Gasteiger charge is -2.32. The highest BCUT2D eigenvalue weighted by Gasteiger charge is 2.45. The number of anilines is 1. The van der Waals surface area contributed by atoms with Crippen molar-refractivity contribution < 1.29 is 14.3 Å². The van der Waals surface area contributed by atoms with Crippen LogP contribution in [0.3, 0.4) is 0 Å². The summed E-state index contributed by atoms with van der Waals surface area (Å²) >= 11 is 0. The number of nitrogens with zero attached hydrogens (tertiary/aromatic N) is 5. The number of amides is 1. The number of carbonyl (C=O) groups is 2. The molecule has 1 aromatic heterocycles. The number of ether oxygens (including phenoxy) is 1. The molecule has 0 spiro atoms. The Morgan fingerprint density at radius 1 is 1.24 bits per heavy atom. The molecule has 1 amide bonds. The Morgan fingerprint density at radius 2 is 2.00 bits per heavy atom. The first-order valence-electron chi connectivity index (χ1n) is 8.76. The van der Waals surface area contributed by atoms with Gasteiger partial charge in [-0.15, -0.1) is 0 Å². The number of carbonyl (C=O) groups excluding carboxylic acids is 2. The molecule has 0 saturated carbocycles. The van der Waals surface area contributed by atoms with Gasteiger partial charge in [0, 0.05) is 51.4 Å². The number of likely N-dealkylation sites (tertiary alicyclic amines) is 1. The van der Waals surface area contributed by atoms with E-state index in [1.54, 1.807) is 11.1 Å². The summed E-state index contributed by atoms with van der Waals surface area (Å²) < 4.78 is 5.06. The van der Waals surface area contributed by atoms with E-state index in [0.717, 1.165) is 26.2 Å². The first kappa shape index (κ1) is 16.3. The van der Waals surface area contributed by atoms with E-state index in [9.17, 15) is 9.59 Å². The molecule has 3 fully saturated rings. The van der Waals surface area contributed by atoms with E-state index in [4.69, 9.17) is 4.74 Å². The van der Waals surface area contributed by atoms with Crippen LogP contribution in [0, 0.1) is 18.8 Å². The maximum atomic E-state index is 12.8. The minimum absolute atomic E-state index is 0.0929. The summed E-state index contributed by atoms with van der Waals surface area (Å²) in [4.78, 5) is 39.6. The number of cyclic esters (lactones) is 1. The summed E-state index contributed by atoms with van der Waals surface area (Å²) in [5.74, 6) is 0.365. The molecule has 8 nitrogen and oxygen atoms in total. The minimum atomic E-state index is -0.182. The zero-order chi connectivity index (χ0) is 17.6. The number of piperazine rings is 1. The molecule has 8 heteroatoms. The summed E-state index contributed by atoms with van der Waals surface area (Å²) in [6.45, 7) is 7.01. The molecule has 3 saturated heterocycles. The molecular weight excluding hydrogens is 322 g/mol. The van der Waals surface area contributed by atoms with Crippen LogP contribution in [0.1, 0.15) is 16.1 Å². The van der Waals surface area contributed by atoms with E-state index in [-0.39, 0.29) is 23.7 Å². The van der Waals surface area contributed by atoms with Crippen molar-refractivity contribution in [1.82, 2.24) is 19.8 Å². The Hall–Kier alpha value is -2.22. The zero-order valence-electron chi connectivity index (χ0n) is 14.6. The molecule has 2 atom stereocenters. The van der Waals surface area contributed by atoms with Gasteiger partial charge >= 0.3 is 5.97 Å². The SMILES string of the molecule is Cc1nc(N2CCN(C)CC2)ncc1C(=O)N1C[C@@H]2COC(=O)[C@@H]2C1. The molecule has 3 aliphatic heterocycles. The molecule has 1 aromatic rings. The fourth-order valence-electron chi connectivity index (χ4n) is 3.76. The summed E-state index contributed by atoms with van der Waals surface area (Å²) in [5, 5.41) is 0. The maximum absolute atomic E-state index is 12.8. The number of hydrogen-bond donors (Lipinski definition) is 0. The van der Waals surface area contributed by atoms with Crippen molar-refractivity contribution >= 4 is 17.8 Å². The standard InChI is InChI=1S/C17H23N5O3/c1-11-13(7-18-17(19-11)21-5-3-20(2)4-6-21)15(23)22-8-12-10-25-16(24)14(12)9-22/h7,12,14H,3-6,8-10H2,1-2H3/t12-,14-/m1/s1. The molecule has 0 aliphatic carbocycles. The van der Waals surface area contributed by atoms with Gasteiger partial charge in [0.2, 0.25) is 5.95 Å². The van der Waals surface area contributed by atoms with E-state index >= 15 is 0 Å². The van der Waals surface area contributed by atoms with Crippen LogP contribution >= 0.6 is 0 Å². The van der Waals surface area contributed by atoms with Gasteiger partial charge in [0.25, 0.3) is 5.91 Å². The summed E-state index contributed by atoms with van der Waals surface area (Å²) in [5.41, 5.74) is 1.21. The van der Waals surface area contributed by atoms with Crippen molar-refractivity contribution in [3.05, 3.63) is 17.5 Å². The largest absolute Gasteiger partial charge is 0.465 e. The third-order valence-electron chi connectivity index (χ3n) is 5.45. The Morgan fingerprint density at radius 3 is 2.68 bits per heavy atom. The Labute approximate surface area is 146 Å². The first-order chi connectivity index (χ1) is 12.0. The predicted octanol–water partition coefficient (Wildman–Crippen LogP) is -0.218. The second kappa shape index (κ2) is 6.25. The van der Waals surface area contributed by atoms with E-state index in [1.807, 2.05) is 6.92 Å². The van der Waals surface area contributed by atoms with Crippen LogP contribution < -0.4 is 4.90 Å². The van der Waals surface area contributed by atoms with Crippen LogP contribution in [0.5, 0.6) is 0 Å². The van der Waals surface area contributed by atoms with Crippen molar-refractivity contribution in [1.29, 1.82) is 0 Å². The average Bonchev–Trinajstić information content (AvgIpc) is 3.17. The summed E-state index contributed by atoms with van der Waals surface area (Å²) in [6.07, 6.45) is 1.63. The first-order valence-corrected chi connectivity index (χ1v) is 8.76. The second-order valence-electron chi connectivity index (χ2n) is 7.17. The normalized spacial score (nSPS) is 26.7. The number of likely N-dealkylation sites (N-methyl/N-ethyl adjacent to an activating group) is 1. The van der Waals surface area contributed by atoms with E-state index in [2.05, 4.69) is 26.8 Å². The Bertz CT molecular complexity index is 702. The predicted molar refractivity (Wildman–Crippen MR) is 90.3 cm³/mol. The van der Waals surface area contributed by atoms with Crippen LogP contribution in [0.25, 0.3) is 0 Å². The lowest BCUT2D eigenvalue weighted by Crippen LogP contribution is -2.45. The van der Waals surface area contributed by atoms with Gasteiger partial charge in [-0.05, 0) is 14.0 Å². The Balaban J connectivity index is 1.47. The lowest BCUT2D eigenvalue weighted by molar-refractivity contribution is -0.141. The van der Waals surface area contributed by atoms with Crippen molar-refractivity contribution in [2.45, 2.75) is 6.92 Å². The Kier molecular flexibility index (Phi) is 4.07. The van der Waals surface area contributed by atoms with Gasteiger partial charge < -0.3 is 19.4 Å². The highest BCUT2D eigenvalue weighted by molar-refractivity contribution is 5.95. The third kappa shape index (κ3) is 2.95. The van der Waals surface area contributed by atoms with Gasteiger partial charge in [-0.2, -0.15) is 0 Å². The van der Waals surface area contributed by atoms with Crippen molar-refractivity contribution in [2.24, 2.45) is 11.8 Å². The fourth-order valence-corrected chi connectivity index (χ4v) is 3.76. The van der Waals surface area contributed by atoms with Crippen LogP contribution in [0.4, 0.5) is 5.95 Å². The summed E-state index contributed by atoms with van der Waals surface area (Å²) in [7, 11) is 2.10. The van der Waals surface area contributed by atoms with Crippen molar-refractivity contribution in [3.63, 3.8) is 0 Å². The third-order valence-corrected chi connectivity index (χ3v) is 5.45. The highest BCUT2D eigenvalue weighted by atomic mass is 16.5. The molecular formula is C17H23N5O3. The number of fused-ring (bicyclic) bond motifs is 1. The molecule has 0 unspecified atom stereocenters. The van der Waals surface area contributed by atoms with Crippen molar-refractivity contribution in [2.75, 3.05) is 57.8 Å². The van der Waals surface area contributed by atoms with Crippen LogP contribution in [0.15, 0.2) is 6.20 Å². The molecule has 0 aromatic carbocycles. The summed E-state index contributed by atoms with van der Waals surface area (Å²) in [6, 6.07) is 0. The van der Waals surface area contributed by atoms with Gasteiger partial charge in [-0.25, -0.2) is 9.97 Å². The van der Waals surface area contributed by atoms with Crippen molar-refractivity contribution in [3.8, 4) is 0 Å². The van der Waals surface area contributed by atoms with Gasteiger partial charge in [-0.1, -0.05) is 0 Å². The molecule has 3 aliphatic rings. The molecule has 4 heterocycles. The van der Waals surface area contributed by atoms with Crippen LogP contribution in [0.2, 0.25) is 0 Å². The number of rotatable bonds is 2. The van der Waals surface area contributed by atoms with Gasteiger partial charge in [0.1, 0.15) is 0 Å². The molecule has 0 radical (unpaired) electrons. The number of esters is 1. The van der Waals surface area contributed by atoms with Gasteiger partial charge in [0.05, 0.1) is 23.8 Å². The van der Waals surface area contributed by atoms with Crippen LogP contribution in [-0.2, 0) is 9.53 Å². The van der Waals surface area contributed by atoms with E-state index in [0.29, 0.717) is 36.9 Å². The number of hydrogen-bond acceptors (Lipinski definition) is 7. The average molecular weight is 345 g/mol. The molecule has 0 bridgehead atoms. The molecule has 0 N–H and O–H groups in total. The smallest absolute Gasteiger partial charge is 0.311 e. The second-order valence-corrected chi connectivity index (χ2v) is 7.17. The van der Waals surface area contributed by atoms with E-state index in [1.165, 1.54) is 0 Å². The number of aryl methyl sites for hydroxylation is 1. The van der Waals surface area contributed by atoms with Crippen LogP contribution in [-0.4, -0.2) is 84.6 Å².